The molecule has 0 saturated heterocycles. The fourth-order valence-electron chi connectivity index (χ4n) is 2.28. The Morgan fingerprint density at radius 2 is 2.12 bits per heavy atom. The fraction of sp³-hybridized carbons (Fsp3) is 0.833. The molecule has 1 heterocycles. The lowest BCUT2D eigenvalue weighted by Gasteiger charge is -2.36. The molecule has 0 bridgehead atoms. The standard InChI is InChI=1S/C12H19N3O2/c16-7-6-15(10-2-1-3-10)8-11-13-12(17-14-11)9-4-5-9/h9-10,16H,1-8H2. The zero-order valence-corrected chi connectivity index (χ0v) is 10.0. The minimum absolute atomic E-state index is 0.198. The summed E-state index contributed by atoms with van der Waals surface area (Å²) < 4.78 is 5.25. The van der Waals surface area contributed by atoms with Gasteiger partial charge in [0.05, 0.1) is 13.2 Å². The van der Waals surface area contributed by atoms with Crippen LogP contribution in [0.3, 0.4) is 0 Å². The van der Waals surface area contributed by atoms with E-state index in [0.717, 1.165) is 11.7 Å². The molecule has 0 spiro atoms. The van der Waals surface area contributed by atoms with Gasteiger partial charge in [0.1, 0.15) is 0 Å². The van der Waals surface area contributed by atoms with E-state index >= 15 is 0 Å². The van der Waals surface area contributed by atoms with Gasteiger partial charge >= 0.3 is 0 Å². The quantitative estimate of drug-likeness (QED) is 0.808. The van der Waals surface area contributed by atoms with Gasteiger partial charge < -0.3 is 9.63 Å². The van der Waals surface area contributed by atoms with E-state index in [1.54, 1.807) is 0 Å². The molecule has 0 radical (unpaired) electrons. The molecule has 0 unspecified atom stereocenters. The Balaban J connectivity index is 1.61. The van der Waals surface area contributed by atoms with Crippen LogP contribution in [0, 0.1) is 0 Å². The van der Waals surface area contributed by atoms with Crippen LogP contribution in [0.5, 0.6) is 0 Å². The number of nitrogens with zero attached hydrogens (tertiary/aromatic N) is 3. The van der Waals surface area contributed by atoms with Gasteiger partial charge in [-0.25, -0.2) is 0 Å². The minimum Gasteiger partial charge on any atom is -0.395 e. The van der Waals surface area contributed by atoms with Crippen molar-refractivity contribution in [3.05, 3.63) is 11.7 Å². The van der Waals surface area contributed by atoms with Gasteiger partial charge in [-0.2, -0.15) is 4.98 Å². The summed E-state index contributed by atoms with van der Waals surface area (Å²) >= 11 is 0. The number of hydrogen-bond acceptors (Lipinski definition) is 5. The predicted octanol–water partition coefficient (Wildman–Crippen LogP) is 1.29. The lowest BCUT2D eigenvalue weighted by Crippen LogP contribution is -2.41. The molecule has 2 aliphatic carbocycles. The highest BCUT2D eigenvalue weighted by atomic mass is 16.5. The van der Waals surface area contributed by atoms with Gasteiger partial charge in [0.15, 0.2) is 5.82 Å². The number of rotatable bonds is 6. The van der Waals surface area contributed by atoms with Gasteiger partial charge in [-0.15, -0.1) is 0 Å². The monoisotopic (exact) mass is 237 g/mol. The van der Waals surface area contributed by atoms with Crippen molar-refractivity contribution in [2.24, 2.45) is 0 Å². The average molecular weight is 237 g/mol. The molecule has 0 atom stereocenters. The Kier molecular flexibility index (Phi) is 3.11. The molecule has 1 N–H and O–H groups in total. The van der Waals surface area contributed by atoms with E-state index in [0.29, 0.717) is 25.0 Å². The van der Waals surface area contributed by atoms with E-state index < -0.39 is 0 Å². The smallest absolute Gasteiger partial charge is 0.229 e. The highest BCUT2D eigenvalue weighted by molar-refractivity contribution is 5.02. The zero-order valence-electron chi connectivity index (χ0n) is 10.0. The second kappa shape index (κ2) is 4.74. The third-order valence-corrected chi connectivity index (χ3v) is 3.73. The van der Waals surface area contributed by atoms with Crippen LogP contribution < -0.4 is 0 Å². The van der Waals surface area contributed by atoms with Gasteiger partial charge in [-0.05, 0) is 25.7 Å². The number of aliphatic hydroxyl groups is 1. The highest BCUT2D eigenvalue weighted by Crippen LogP contribution is 2.39. The topological polar surface area (TPSA) is 62.4 Å². The summed E-state index contributed by atoms with van der Waals surface area (Å²) in [4.78, 5) is 6.70. The van der Waals surface area contributed by atoms with Crippen LogP contribution in [-0.4, -0.2) is 39.3 Å². The van der Waals surface area contributed by atoms with Gasteiger partial charge in [-0.3, -0.25) is 4.90 Å². The highest BCUT2D eigenvalue weighted by Gasteiger charge is 2.30. The van der Waals surface area contributed by atoms with E-state index in [1.807, 2.05) is 0 Å². The average Bonchev–Trinajstić information content (AvgIpc) is 2.98. The molecule has 0 aliphatic heterocycles. The maximum Gasteiger partial charge on any atom is 0.229 e. The van der Waals surface area contributed by atoms with E-state index in [2.05, 4.69) is 15.0 Å². The molecule has 1 aromatic rings. The summed E-state index contributed by atoms with van der Waals surface area (Å²) in [6.45, 7) is 1.61. The van der Waals surface area contributed by atoms with Crippen molar-refractivity contribution in [3.63, 3.8) is 0 Å². The largest absolute Gasteiger partial charge is 0.395 e. The second-order valence-electron chi connectivity index (χ2n) is 5.10. The molecule has 17 heavy (non-hydrogen) atoms. The van der Waals surface area contributed by atoms with E-state index in [-0.39, 0.29) is 6.61 Å². The molecule has 1 aromatic heterocycles. The molecule has 94 valence electrons. The van der Waals surface area contributed by atoms with Crippen LogP contribution in [0.25, 0.3) is 0 Å². The molecule has 2 saturated carbocycles. The Bertz CT molecular complexity index is 372. The van der Waals surface area contributed by atoms with Crippen molar-refractivity contribution in [1.29, 1.82) is 0 Å². The van der Waals surface area contributed by atoms with Crippen molar-refractivity contribution >= 4 is 0 Å². The first-order chi connectivity index (χ1) is 8.36. The number of aliphatic hydroxyl groups excluding tert-OH is 1. The summed E-state index contributed by atoms with van der Waals surface area (Å²) in [5.74, 6) is 2.09. The zero-order chi connectivity index (χ0) is 11.7. The summed E-state index contributed by atoms with van der Waals surface area (Å²) in [5.41, 5.74) is 0. The Hall–Kier alpha value is -0.940. The lowest BCUT2D eigenvalue weighted by atomic mass is 9.91. The van der Waals surface area contributed by atoms with Crippen molar-refractivity contribution in [3.8, 4) is 0 Å². The molecule has 0 aromatic carbocycles. The first-order valence-corrected chi connectivity index (χ1v) is 6.54. The van der Waals surface area contributed by atoms with Crippen LogP contribution in [-0.2, 0) is 6.54 Å². The van der Waals surface area contributed by atoms with Gasteiger partial charge in [0.2, 0.25) is 5.89 Å². The maximum atomic E-state index is 9.08. The van der Waals surface area contributed by atoms with Gasteiger partial charge in [-0.1, -0.05) is 11.6 Å². The van der Waals surface area contributed by atoms with Crippen LogP contribution >= 0.6 is 0 Å². The molecule has 5 heteroatoms. The van der Waals surface area contributed by atoms with Crippen LogP contribution in [0.2, 0.25) is 0 Å². The minimum atomic E-state index is 0.198. The summed E-state index contributed by atoms with van der Waals surface area (Å²) in [6.07, 6.45) is 6.13. The molecular formula is C12H19N3O2. The van der Waals surface area contributed by atoms with Crippen LogP contribution in [0.15, 0.2) is 4.52 Å². The molecule has 5 nitrogen and oxygen atoms in total. The van der Waals surface area contributed by atoms with E-state index in [4.69, 9.17) is 9.63 Å². The Morgan fingerprint density at radius 3 is 2.71 bits per heavy atom. The first kappa shape index (κ1) is 11.2. The Morgan fingerprint density at radius 1 is 1.29 bits per heavy atom. The summed E-state index contributed by atoms with van der Waals surface area (Å²) in [6, 6.07) is 0.602. The predicted molar refractivity (Wildman–Crippen MR) is 61.4 cm³/mol. The normalized spacial score (nSPS) is 20.8. The third-order valence-electron chi connectivity index (χ3n) is 3.73. The first-order valence-electron chi connectivity index (χ1n) is 6.54. The lowest BCUT2D eigenvalue weighted by molar-refractivity contribution is 0.0912. The molecule has 0 amide bonds. The van der Waals surface area contributed by atoms with Crippen LogP contribution in [0.4, 0.5) is 0 Å². The third kappa shape index (κ3) is 2.50. The van der Waals surface area contributed by atoms with Crippen molar-refractivity contribution in [2.75, 3.05) is 13.2 Å². The van der Waals surface area contributed by atoms with Gasteiger partial charge in [0, 0.05) is 18.5 Å². The van der Waals surface area contributed by atoms with Gasteiger partial charge in [0.25, 0.3) is 0 Å². The Labute approximate surface area is 101 Å². The summed E-state index contributed by atoms with van der Waals surface area (Å²) in [7, 11) is 0. The number of aromatic nitrogens is 2. The SMILES string of the molecule is OCCN(Cc1noc(C2CC2)n1)C1CCC1. The molecule has 2 aliphatic rings. The van der Waals surface area contributed by atoms with Crippen molar-refractivity contribution < 1.29 is 9.63 Å². The van der Waals surface area contributed by atoms with Crippen molar-refractivity contribution in [1.82, 2.24) is 15.0 Å². The maximum absolute atomic E-state index is 9.08. The molecule has 2 fully saturated rings. The number of hydrogen-bond donors (Lipinski definition) is 1. The summed E-state index contributed by atoms with van der Waals surface area (Å²) in [5, 5.41) is 13.1. The van der Waals surface area contributed by atoms with Crippen molar-refractivity contribution in [2.45, 2.75) is 50.6 Å². The molecule has 3 rings (SSSR count). The molecular weight excluding hydrogens is 218 g/mol. The van der Waals surface area contributed by atoms with Crippen LogP contribution in [0.1, 0.15) is 49.7 Å². The fourth-order valence-corrected chi connectivity index (χ4v) is 2.28. The van der Waals surface area contributed by atoms with E-state index in [9.17, 15) is 0 Å². The van der Waals surface area contributed by atoms with E-state index in [1.165, 1.54) is 32.1 Å². The second-order valence-corrected chi connectivity index (χ2v) is 5.10.